The second kappa shape index (κ2) is 6.97. The number of carbonyl (C=O) groups excluding carboxylic acids is 1. The molecule has 100 valence electrons. The molecule has 1 heterocycles. The standard InChI is InChI=1S/C13H26N2O2/c1-4-15(9-11-6-5-7-17-11)13(16)12(14)8-10(2)3/h10-12H,4-9,14H2,1-3H3/t11?,12-/m0/s1. The van der Waals surface area contributed by atoms with Gasteiger partial charge >= 0.3 is 0 Å². The average molecular weight is 242 g/mol. The van der Waals surface area contributed by atoms with Gasteiger partial charge in [-0.05, 0) is 32.1 Å². The second-order valence-electron chi connectivity index (χ2n) is 5.25. The summed E-state index contributed by atoms with van der Waals surface area (Å²) in [5.74, 6) is 0.520. The second-order valence-corrected chi connectivity index (χ2v) is 5.25. The van der Waals surface area contributed by atoms with Gasteiger partial charge in [0.25, 0.3) is 0 Å². The van der Waals surface area contributed by atoms with E-state index in [0.29, 0.717) is 19.0 Å². The van der Waals surface area contributed by atoms with Gasteiger partial charge in [0.2, 0.25) is 5.91 Å². The fraction of sp³-hybridized carbons (Fsp3) is 0.923. The fourth-order valence-electron chi connectivity index (χ4n) is 2.25. The normalized spacial score (nSPS) is 21.8. The highest BCUT2D eigenvalue weighted by molar-refractivity contribution is 5.81. The molecule has 1 fully saturated rings. The van der Waals surface area contributed by atoms with E-state index < -0.39 is 0 Å². The molecule has 0 aromatic carbocycles. The Bertz CT molecular complexity index is 238. The highest BCUT2D eigenvalue weighted by Crippen LogP contribution is 2.14. The van der Waals surface area contributed by atoms with Crippen LogP contribution in [0.1, 0.15) is 40.0 Å². The lowest BCUT2D eigenvalue weighted by molar-refractivity contribution is -0.134. The van der Waals surface area contributed by atoms with Gasteiger partial charge in [-0.15, -0.1) is 0 Å². The van der Waals surface area contributed by atoms with Crippen molar-refractivity contribution in [3.63, 3.8) is 0 Å². The van der Waals surface area contributed by atoms with Crippen molar-refractivity contribution >= 4 is 5.91 Å². The molecule has 17 heavy (non-hydrogen) atoms. The molecule has 2 atom stereocenters. The van der Waals surface area contributed by atoms with E-state index in [1.54, 1.807) is 0 Å². The molecule has 0 aromatic heterocycles. The average Bonchev–Trinajstić information content (AvgIpc) is 2.76. The van der Waals surface area contributed by atoms with Gasteiger partial charge in [0.15, 0.2) is 0 Å². The van der Waals surface area contributed by atoms with Crippen LogP contribution in [0.3, 0.4) is 0 Å². The third-order valence-corrected chi connectivity index (χ3v) is 3.18. The molecule has 0 radical (unpaired) electrons. The monoisotopic (exact) mass is 242 g/mol. The first-order chi connectivity index (χ1) is 8.04. The van der Waals surface area contributed by atoms with Crippen molar-refractivity contribution in [3.8, 4) is 0 Å². The molecule has 0 spiro atoms. The number of carbonyl (C=O) groups is 1. The highest BCUT2D eigenvalue weighted by Gasteiger charge is 2.25. The summed E-state index contributed by atoms with van der Waals surface area (Å²) < 4.78 is 5.56. The van der Waals surface area contributed by atoms with E-state index in [9.17, 15) is 4.79 Å². The summed E-state index contributed by atoms with van der Waals surface area (Å²) in [6, 6.07) is -0.364. The first-order valence-electron chi connectivity index (χ1n) is 6.70. The summed E-state index contributed by atoms with van der Waals surface area (Å²) >= 11 is 0. The van der Waals surface area contributed by atoms with Crippen LogP contribution >= 0.6 is 0 Å². The quantitative estimate of drug-likeness (QED) is 0.765. The van der Waals surface area contributed by atoms with Crippen LogP contribution < -0.4 is 5.73 Å². The minimum Gasteiger partial charge on any atom is -0.376 e. The van der Waals surface area contributed by atoms with E-state index in [2.05, 4.69) is 13.8 Å². The molecule has 1 aliphatic rings. The van der Waals surface area contributed by atoms with Crippen molar-refractivity contribution in [2.24, 2.45) is 11.7 Å². The Morgan fingerprint density at radius 2 is 2.24 bits per heavy atom. The van der Waals surface area contributed by atoms with Gasteiger partial charge in [-0.25, -0.2) is 0 Å². The number of rotatable bonds is 6. The molecule has 1 amide bonds. The summed E-state index contributed by atoms with van der Waals surface area (Å²) in [4.78, 5) is 14.0. The van der Waals surface area contributed by atoms with E-state index in [1.807, 2.05) is 11.8 Å². The minimum atomic E-state index is -0.364. The molecule has 4 nitrogen and oxygen atoms in total. The van der Waals surface area contributed by atoms with Crippen molar-refractivity contribution in [1.82, 2.24) is 4.90 Å². The van der Waals surface area contributed by atoms with Crippen molar-refractivity contribution in [3.05, 3.63) is 0 Å². The lowest BCUT2D eigenvalue weighted by Crippen LogP contribution is -2.47. The molecular weight excluding hydrogens is 216 g/mol. The maximum absolute atomic E-state index is 12.1. The lowest BCUT2D eigenvalue weighted by atomic mass is 10.0. The van der Waals surface area contributed by atoms with Gasteiger partial charge in [-0.1, -0.05) is 13.8 Å². The molecule has 1 unspecified atom stereocenters. The summed E-state index contributed by atoms with van der Waals surface area (Å²) in [7, 11) is 0. The Morgan fingerprint density at radius 3 is 2.71 bits per heavy atom. The molecule has 0 aliphatic carbocycles. The van der Waals surface area contributed by atoms with Gasteiger partial charge in [-0.3, -0.25) is 4.79 Å². The van der Waals surface area contributed by atoms with Crippen LogP contribution in [0.2, 0.25) is 0 Å². The van der Waals surface area contributed by atoms with Crippen LogP contribution in [0.5, 0.6) is 0 Å². The molecule has 1 aliphatic heterocycles. The van der Waals surface area contributed by atoms with Crippen LogP contribution in [-0.2, 0) is 9.53 Å². The summed E-state index contributed by atoms with van der Waals surface area (Å²) in [6.07, 6.45) is 3.13. The molecule has 2 N–H and O–H groups in total. The SMILES string of the molecule is CCN(CC1CCCO1)C(=O)[C@@H](N)CC(C)C. The number of nitrogens with two attached hydrogens (primary N) is 1. The van der Waals surface area contributed by atoms with Crippen LogP contribution in [0.15, 0.2) is 0 Å². The van der Waals surface area contributed by atoms with Crippen LogP contribution in [-0.4, -0.2) is 42.6 Å². The molecule has 0 bridgehead atoms. The van der Waals surface area contributed by atoms with E-state index >= 15 is 0 Å². The molecular formula is C13H26N2O2. The van der Waals surface area contributed by atoms with Crippen LogP contribution in [0.25, 0.3) is 0 Å². The Kier molecular flexibility index (Phi) is 5.92. The minimum absolute atomic E-state index is 0.0664. The Labute approximate surface area is 104 Å². The number of hydrogen-bond acceptors (Lipinski definition) is 3. The predicted molar refractivity (Wildman–Crippen MR) is 68.7 cm³/mol. The molecule has 0 saturated carbocycles. The predicted octanol–water partition coefficient (Wildman–Crippen LogP) is 1.39. The van der Waals surface area contributed by atoms with Crippen LogP contribution in [0, 0.1) is 5.92 Å². The third kappa shape index (κ3) is 4.64. The zero-order valence-corrected chi connectivity index (χ0v) is 11.3. The maximum atomic E-state index is 12.1. The Balaban J connectivity index is 2.44. The third-order valence-electron chi connectivity index (χ3n) is 3.18. The fourth-order valence-corrected chi connectivity index (χ4v) is 2.25. The molecule has 1 rings (SSSR count). The summed E-state index contributed by atoms with van der Waals surface area (Å²) in [5.41, 5.74) is 5.94. The maximum Gasteiger partial charge on any atom is 0.239 e. The van der Waals surface area contributed by atoms with E-state index in [0.717, 1.165) is 25.9 Å². The van der Waals surface area contributed by atoms with Crippen molar-refractivity contribution < 1.29 is 9.53 Å². The Hall–Kier alpha value is -0.610. The first-order valence-corrected chi connectivity index (χ1v) is 6.70. The van der Waals surface area contributed by atoms with E-state index in [1.165, 1.54) is 0 Å². The zero-order valence-electron chi connectivity index (χ0n) is 11.3. The van der Waals surface area contributed by atoms with Gasteiger partial charge in [0, 0.05) is 19.7 Å². The zero-order chi connectivity index (χ0) is 12.8. The molecule has 4 heteroatoms. The first kappa shape index (κ1) is 14.5. The smallest absolute Gasteiger partial charge is 0.239 e. The summed E-state index contributed by atoms with van der Waals surface area (Å²) in [6.45, 7) is 8.40. The lowest BCUT2D eigenvalue weighted by Gasteiger charge is -2.27. The number of amides is 1. The van der Waals surface area contributed by atoms with Gasteiger partial charge < -0.3 is 15.4 Å². The summed E-state index contributed by atoms with van der Waals surface area (Å²) in [5, 5.41) is 0. The highest BCUT2D eigenvalue weighted by atomic mass is 16.5. The Morgan fingerprint density at radius 1 is 1.53 bits per heavy atom. The topological polar surface area (TPSA) is 55.6 Å². The molecule has 1 saturated heterocycles. The van der Waals surface area contributed by atoms with Crippen LogP contribution in [0.4, 0.5) is 0 Å². The molecule has 0 aromatic rings. The largest absolute Gasteiger partial charge is 0.376 e. The van der Waals surface area contributed by atoms with Crippen molar-refractivity contribution in [2.75, 3.05) is 19.7 Å². The van der Waals surface area contributed by atoms with E-state index in [-0.39, 0.29) is 18.1 Å². The van der Waals surface area contributed by atoms with Crippen molar-refractivity contribution in [1.29, 1.82) is 0 Å². The number of nitrogens with zero attached hydrogens (tertiary/aromatic N) is 1. The van der Waals surface area contributed by atoms with E-state index in [4.69, 9.17) is 10.5 Å². The van der Waals surface area contributed by atoms with Gasteiger partial charge in [0.05, 0.1) is 12.1 Å². The number of likely N-dealkylation sites (N-methyl/N-ethyl adjacent to an activating group) is 1. The number of ether oxygens (including phenoxy) is 1. The van der Waals surface area contributed by atoms with Crippen molar-refractivity contribution in [2.45, 2.75) is 52.2 Å². The number of hydrogen-bond donors (Lipinski definition) is 1. The van der Waals surface area contributed by atoms with Gasteiger partial charge in [0.1, 0.15) is 0 Å². The van der Waals surface area contributed by atoms with Gasteiger partial charge in [-0.2, -0.15) is 0 Å².